The van der Waals surface area contributed by atoms with Crippen LogP contribution < -0.4 is 10.2 Å². The van der Waals surface area contributed by atoms with Crippen LogP contribution in [0.5, 0.6) is 0 Å². The highest BCUT2D eigenvalue weighted by atomic mass is 35.5. The molecule has 7 heteroatoms. The lowest BCUT2D eigenvalue weighted by Crippen LogP contribution is -2.56. The smallest absolute Gasteiger partial charge is 0.305 e. The van der Waals surface area contributed by atoms with Crippen molar-refractivity contribution >= 4 is 35.1 Å². The van der Waals surface area contributed by atoms with Gasteiger partial charge in [-0.05, 0) is 43.5 Å². The summed E-state index contributed by atoms with van der Waals surface area (Å²) in [6.45, 7) is 0.301. The Hall–Kier alpha value is -2.08. The van der Waals surface area contributed by atoms with Gasteiger partial charge in [0.2, 0.25) is 11.8 Å². The first-order chi connectivity index (χ1) is 11.4. The minimum absolute atomic E-state index is 0.0691. The van der Waals surface area contributed by atoms with E-state index >= 15 is 0 Å². The number of nitrogens with zero attached hydrogens (tertiary/aromatic N) is 1. The third kappa shape index (κ3) is 3.38. The van der Waals surface area contributed by atoms with Crippen molar-refractivity contribution < 1.29 is 19.5 Å². The molecule has 1 saturated heterocycles. The van der Waals surface area contributed by atoms with Gasteiger partial charge < -0.3 is 15.3 Å². The summed E-state index contributed by atoms with van der Waals surface area (Å²) in [5.41, 5.74) is 0.0724. The highest BCUT2D eigenvalue weighted by molar-refractivity contribution is 6.30. The molecule has 1 heterocycles. The molecule has 1 aliphatic heterocycles. The molecule has 2 aliphatic rings. The van der Waals surface area contributed by atoms with Crippen molar-refractivity contribution in [3.8, 4) is 0 Å². The van der Waals surface area contributed by atoms with Crippen LogP contribution in [-0.2, 0) is 14.4 Å². The Balaban J connectivity index is 1.65. The largest absolute Gasteiger partial charge is 0.481 e. The SMILES string of the molecule is O=C(O)CC1(NC(=O)C2CC(=O)N(c3ccc(Cl)cc3)C2)CCC1. The molecular formula is C17H19ClN2O4. The predicted octanol–water partition coefficient (Wildman–Crippen LogP) is 2.21. The quantitative estimate of drug-likeness (QED) is 0.852. The van der Waals surface area contributed by atoms with Crippen LogP contribution in [0.25, 0.3) is 0 Å². The average molecular weight is 351 g/mol. The van der Waals surface area contributed by atoms with Gasteiger partial charge in [-0.1, -0.05) is 11.6 Å². The molecule has 1 atom stereocenters. The molecule has 0 bridgehead atoms. The molecule has 1 saturated carbocycles. The zero-order valence-electron chi connectivity index (χ0n) is 13.1. The Bertz CT molecular complexity index is 670. The zero-order chi connectivity index (χ0) is 17.3. The molecule has 2 fully saturated rings. The summed E-state index contributed by atoms with van der Waals surface area (Å²) in [7, 11) is 0. The van der Waals surface area contributed by atoms with Gasteiger partial charge in [0.25, 0.3) is 0 Å². The van der Waals surface area contributed by atoms with Gasteiger partial charge in [-0.15, -0.1) is 0 Å². The number of hydrogen-bond donors (Lipinski definition) is 2. The summed E-state index contributed by atoms with van der Waals surface area (Å²) in [6, 6.07) is 6.90. The summed E-state index contributed by atoms with van der Waals surface area (Å²) >= 11 is 5.85. The molecule has 1 aliphatic carbocycles. The number of benzene rings is 1. The van der Waals surface area contributed by atoms with Crippen LogP contribution in [0.2, 0.25) is 5.02 Å². The van der Waals surface area contributed by atoms with Gasteiger partial charge in [-0.3, -0.25) is 14.4 Å². The Morgan fingerprint density at radius 2 is 1.96 bits per heavy atom. The van der Waals surface area contributed by atoms with Crippen LogP contribution in [0.3, 0.4) is 0 Å². The highest BCUT2D eigenvalue weighted by Crippen LogP contribution is 2.36. The number of nitrogens with one attached hydrogen (secondary N) is 1. The molecule has 0 spiro atoms. The first-order valence-electron chi connectivity index (χ1n) is 7.98. The normalized spacial score (nSPS) is 22.1. The van der Waals surface area contributed by atoms with E-state index in [2.05, 4.69) is 5.32 Å². The second kappa shape index (κ2) is 6.43. The Morgan fingerprint density at radius 3 is 2.50 bits per heavy atom. The topological polar surface area (TPSA) is 86.7 Å². The molecule has 6 nitrogen and oxygen atoms in total. The molecule has 2 amide bonds. The van der Waals surface area contributed by atoms with Gasteiger partial charge in [-0.2, -0.15) is 0 Å². The van der Waals surface area contributed by atoms with Crippen LogP contribution in [0.4, 0.5) is 5.69 Å². The Morgan fingerprint density at radius 1 is 1.29 bits per heavy atom. The van der Waals surface area contributed by atoms with E-state index in [9.17, 15) is 14.4 Å². The van der Waals surface area contributed by atoms with E-state index in [1.54, 1.807) is 29.2 Å². The molecule has 0 aromatic heterocycles. The van der Waals surface area contributed by atoms with Crippen LogP contribution in [0, 0.1) is 5.92 Å². The Labute approximate surface area is 144 Å². The number of carbonyl (C=O) groups excluding carboxylic acids is 2. The van der Waals surface area contributed by atoms with Crippen LogP contribution in [0.1, 0.15) is 32.1 Å². The lowest BCUT2D eigenvalue weighted by molar-refractivity contribution is -0.141. The molecule has 1 unspecified atom stereocenters. The predicted molar refractivity (Wildman–Crippen MR) is 88.9 cm³/mol. The number of rotatable bonds is 5. The monoisotopic (exact) mass is 350 g/mol. The van der Waals surface area contributed by atoms with Crippen molar-refractivity contribution in [2.24, 2.45) is 5.92 Å². The summed E-state index contributed by atoms with van der Waals surface area (Å²) in [5.74, 6) is -1.72. The average Bonchev–Trinajstić information content (AvgIpc) is 2.87. The lowest BCUT2D eigenvalue weighted by Gasteiger charge is -2.42. The van der Waals surface area contributed by atoms with Crippen LogP contribution in [0.15, 0.2) is 24.3 Å². The molecule has 24 heavy (non-hydrogen) atoms. The standard InChI is InChI=1S/C17H19ClN2O4/c18-12-2-4-13(5-3-12)20-10-11(8-14(20)21)16(24)19-17(6-1-7-17)9-15(22)23/h2-5,11H,1,6-10H2,(H,19,24)(H,22,23). The highest BCUT2D eigenvalue weighted by Gasteiger charge is 2.43. The van der Waals surface area contributed by atoms with Gasteiger partial charge >= 0.3 is 5.97 Å². The maximum atomic E-state index is 12.5. The third-order valence-corrected chi connectivity index (χ3v) is 5.07. The van der Waals surface area contributed by atoms with Crippen molar-refractivity contribution in [3.05, 3.63) is 29.3 Å². The summed E-state index contributed by atoms with van der Waals surface area (Å²) < 4.78 is 0. The van der Waals surface area contributed by atoms with Crippen molar-refractivity contribution in [1.29, 1.82) is 0 Å². The molecule has 128 valence electrons. The van der Waals surface area contributed by atoms with Crippen LogP contribution in [-0.4, -0.2) is 35.0 Å². The first kappa shape index (κ1) is 16.8. The second-order valence-corrected chi connectivity index (χ2v) is 7.01. The van der Waals surface area contributed by atoms with E-state index < -0.39 is 17.4 Å². The zero-order valence-corrected chi connectivity index (χ0v) is 13.9. The lowest BCUT2D eigenvalue weighted by atomic mass is 9.74. The van der Waals surface area contributed by atoms with Crippen LogP contribution >= 0.6 is 11.6 Å². The molecule has 1 aromatic carbocycles. The molecule has 0 radical (unpaired) electrons. The number of aliphatic carboxylic acids is 1. The van der Waals surface area contributed by atoms with Crippen molar-refractivity contribution in [3.63, 3.8) is 0 Å². The maximum Gasteiger partial charge on any atom is 0.305 e. The van der Waals surface area contributed by atoms with E-state index in [0.29, 0.717) is 30.1 Å². The number of hydrogen-bond acceptors (Lipinski definition) is 3. The van der Waals surface area contributed by atoms with Gasteiger partial charge in [-0.25, -0.2) is 0 Å². The minimum atomic E-state index is -0.916. The van der Waals surface area contributed by atoms with E-state index in [1.807, 2.05) is 0 Å². The molecule has 2 N–H and O–H groups in total. The van der Waals surface area contributed by atoms with Crippen molar-refractivity contribution in [2.75, 3.05) is 11.4 Å². The first-order valence-corrected chi connectivity index (χ1v) is 8.36. The fraction of sp³-hybridized carbons (Fsp3) is 0.471. The number of halogens is 1. The second-order valence-electron chi connectivity index (χ2n) is 6.58. The van der Waals surface area contributed by atoms with Gasteiger partial charge in [0, 0.05) is 23.7 Å². The summed E-state index contributed by atoms with van der Waals surface area (Å²) in [5, 5.41) is 12.5. The number of anilines is 1. The van der Waals surface area contributed by atoms with Gasteiger partial charge in [0.1, 0.15) is 0 Å². The summed E-state index contributed by atoms with van der Waals surface area (Å²) in [6.07, 6.45) is 2.32. The number of carbonyl (C=O) groups is 3. The number of carboxylic acid groups (broad SMARTS) is 1. The minimum Gasteiger partial charge on any atom is -0.481 e. The fourth-order valence-corrected chi connectivity index (χ4v) is 3.48. The Kier molecular flexibility index (Phi) is 4.49. The molecule has 1 aromatic rings. The number of carboxylic acids is 1. The van der Waals surface area contributed by atoms with Crippen molar-refractivity contribution in [2.45, 2.75) is 37.6 Å². The fourth-order valence-electron chi connectivity index (χ4n) is 3.36. The van der Waals surface area contributed by atoms with E-state index in [1.165, 1.54) is 0 Å². The third-order valence-electron chi connectivity index (χ3n) is 4.82. The van der Waals surface area contributed by atoms with E-state index in [-0.39, 0.29) is 24.7 Å². The molecule has 3 rings (SSSR count). The number of amides is 2. The summed E-state index contributed by atoms with van der Waals surface area (Å²) in [4.78, 5) is 37.3. The van der Waals surface area contributed by atoms with E-state index in [4.69, 9.17) is 16.7 Å². The van der Waals surface area contributed by atoms with E-state index in [0.717, 1.165) is 6.42 Å². The van der Waals surface area contributed by atoms with Crippen molar-refractivity contribution in [1.82, 2.24) is 5.32 Å². The van der Waals surface area contributed by atoms with Gasteiger partial charge in [0.15, 0.2) is 0 Å². The maximum absolute atomic E-state index is 12.5. The molecular weight excluding hydrogens is 332 g/mol. The van der Waals surface area contributed by atoms with Gasteiger partial charge in [0.05, 0.1) is 17.9 Å².